The average molecular weight is 534 g/mol. The van der Waals surface area contributed by atoms with Crippen LogP contribution < -0.4 is 10.5 Å². The number of benzene rings is 1. The summed E-state index contributed by atoms with van der Waals surface area (Å²) in [7, 11) is 1.92. The fourth-order valence-corrected chi connectivity index (χ4v) is 5.48. The molecule has 0 bridgehead atoms. The van der Waals surface area contributed by atoms with Crippen LogP contribution in [0.25, 0.3) is 22.1 Å². The van der Waals surface area contributed by atoms with Crippen molar-refractivity contribution in [2.24, 2.45) is 7.05 Å². The van der Waals surface area contributed by atoms with Crippen molar-refractivity contribution in [1.82, 2.24) is 29.3 Å². The Morgan fingerprint density at radius 3 is 2.59 bits per heavy atom. The molecule has 4 aromatic heterocycles. The molecule has 5 heterocycles. The predicted octanol–water partition coefficient (Wildman–Crippen LogP) is 4.83. The van der Waals surface area contributed by atoms with E-state index in [4.69, 9.17) is 5.10 Å². The molecule has 0 amide bonds. The number of nitrogens with zero attached hydrogens (tertiary/aromatic N) is 7. The molecule has 1 fully saturated rings. The third-order valence-electron chi connectivity index (χ3n) is 7.42. The van der Waals surface area contributed by atoms with Gasteiger partial charge in [-0.15, -0.1) is 0 Å². The SMILES string of the molecule is Cc1cnc2cc(C3CCN(c4nn(C)c5ccccc45)CC3)c(=O)n(Cc3ncccc3C(F)(F)F)c2n1. The minimum absolute atomic E-state index is 0.0756. The van der Waals surface area contributed by atoms with E-state index in [0.29, 0.717) is 42.7 Å². The normalized spacial score (nSPS) is 14.9. The molecule has 0 radical (unpaired) electrons. The van der Waals surface area contributed by atoms with Gasteiger partial charge in [0, 0.05) is 43.5 Å². The number of hydrogen-bond acceptors (Lipinski definition) is 6. The Hall–Kier alpha value is -4.28. The zero-order valence-corrected chi connectivity index (χ0v) is 21.5. The fraction of sp³-hybridized carbons (Fsp3) is 0.321. The van der Waals surface area contributed by atoms with E-state index in [1.807, 2.05) is 29.9 Å². The van der Waals surface area contributed by atoms with E-state index in [0.717, 1.165) is 22.8 Å². The van der Waals surface area contributed by atoms with Crippen LogP contribution in [0.1, 0.15) is 41.3 Å². The maximum Gasteiger partial charge on any atom is 0.418 e. The second-order valence-electron chi connectivity index (χ2n) is 9.93. The van der Waals surface area contributed by atoms with Gasteiger partial charge < -0.3 is 4.90 Å². The molecule has 11 heteroatoms. The minimum Gasteiger partial charge on any atom is -0.355 e. The van der Waals surface area contributed by atoms with Gasteiger partial charge in [0.1, 0.15) is 5.52 Å². The van der Waals surface area contributed by atoms with Crippen LogP contribution in [0.15, 0.2) is 59.7 Å². The molecule has 0 saturated carbocycles. The van der Waals surface area contributed by atoms with E-state index in [2.05, 4.69) is 25.9 Å². The van der Waals surface area contributed by atoms with Crippen molar-refractivity contribution < 1.29 is 13.2 Å². The summed E-state index contributed by atoms with van der Waals surface area (Å²) in [5.41, 5.74) is 1.42. The number of hydrogen-bond donors (Lipinski definition) is 0. The van der Waals surface area contributed by atoms with Crippen LogP contribution in [0.2, 0.25) is 0 Å². The van der Waals surface area contributed by atoms with Crippen molar-refractivity contribution in [2.45, 2.75) is 38.4 Å². The van der Waals surface area contributed by atoms with Crippen molar-refractivity contribution in [3.8, 4) is 0 Å². The van der Waals surface area contributed by atoms with Gasteiger partial charge in [0.15, 0.2) is 11.5 Å². The molecule has 6 rings (SSSR count). The lowest BCUT2D eigenvalue weighted by Crippen LogP contribution is -2.36. The van der Waals surface area contributed by atoms with Crippen molar-refractivity contribution >= 4 is 27.9 Å². The van der Waals surface area contributed by atoms with Crippen molar-refractivity contribution in [3.05, 3.63) is 87.7 Å². The van der Waals surface area contributed by atoms with Crippen LogP contribution in [0, 0.1) is 6.92 Å². The first-order valence-corrected chi connectivity index (χ1v) is 12.8. The first-order chi connectivity index (χ1) is 18.7. The Morgan fingerprint density at radius 2 is 1.82 bits per heavy atom. The number of fused-ring (bicyclic) bond motifs is 2. The third-order valence-corrected chi connectivity index (χ3v) is 7.42. The number of pyridine rings is 2. The molecule has 1 aliphatic heterocycles. The van der Waals surface area contributed by atoms with Gasteiger partial charge in [0.2, 0.25) is 0 Å². The smallest absolute Gasteiger partial charge is 0.355 e. The van der Waals surface area contributed by atoms with Gasteiger partial charge >= 0.3 is 6.18 Å². The Bertz CT molecular complexity index is 1750. The largest absolute Gasteiger partial charge is 0.418 e. The van der Waals surface area contributed by atoms with E-state index in [9.17, 15) is 18.0 Å². The van der Waals surface area contributed by atoms with Crippen molar-refractivity contribution in [1.29, 1.82) is 0 Å². The van der Waals surface area contributed by atoms with Gasteiger partial charge in [-0.2, -0.15) is 18.3 Å². The number of alkyl halides is 3. The van der Waals surface area contributed by atoms with Gasteiger partial charge in [-0.1, -0.05) is 12.1 Å². The quantitative estimate of drug-likeness (QED) is 0.329. The summed E-state index contributed by atoms with van der Waals surface area (Å²) < 4.78 is 44.3. The van der Waals surface area contributed by atoms with Gasteiger partial charge in [-0.05, 0) is 56.0 Å². The molecule has 200 valence electrons. The molecule has 8 nitrogen and oxygen atoms in total. The number of aromatic nitrogens is 6. The first-order valence-electron chi connectivity index (χ1n) is 12.8. The van der Waals surface area contributed by atoms with Crippen molar-refractivity contribution in [3.63, 3.8) is 0 Å². The number of rotatable bonds is 4. The zero-order valence-electron chi connectivity index (χ0n) is 21.5. The van der Waals surface area contributed by atoms with Gasteiger partial charge in [-0.3, -0.25) is 24.0 Å². The lowest BCUT2D eigenvalue weighted by Gasteiger charge is -2.32. The standard InChI is InChI=1S/C28H26F3N7O/c1-17-15-33-22-14-20(18-9-12-37(13-10-18)25-19-6-3-4-8-24(19)36(2)35-25)27(39)38(26(22)34-17)16-23-21(28(29,30)31)7-5-11-32-23/h3-8,11,14-15,18H,9-10,12-13,16H2,1-2H3. The second kappa shape index (κ2) is 9.48. The highest BCUT2D eigenvalue weighted by Crippen LogP contribution is 2.34. The van der Waals surface area contributed by atoms with Crippen molar-refractivity contribution in [2.75, 3.05) is 18.0 Å². The highest BCUT2D eigenvalue weighted by atomic mass is 19.4. The van der Waals surface area contributed by atoms with E-state index < -0.39 is 11.7 Å². The highest BCUT2D eigenvalue weighted by Gasteiger charge is 2.34. The predicted molar refractivity (Wildman–Crippen MR) is 142 cm³/mol. The fourth-order valence-electron chi connectivity index (χ4n) is 5.48. The first kappa shape index (κ1) is 25.0. The van der Waals surface area contributed by atoms with Crippen LogP contribution in [0.3, 0.4) is 0 Å². The lowest BCUT2D eigenvalue weighted by molar-refractivity contribution is -0.138. The van der Waals surface area contributed by atoms with Crippen LogP contribution in [-0.2, 0) is 19.8 Å². The minimum atomic E-state index is -4.59. The van der Waals surface area contributed by atoms with E-state index in [1.165, 1.54) is 16.8 Å². The summed E-state index contributed by atoms with van der Waals surface area (Å²) in [5.74, 6) is 0.840. The molecule has 0 unspecified atom stereocenters. The Balaban J connectivity index is 1.36. The lowest BCUT2D eigenvalue weighted by atomic mass is 9.90. The second-order valence-corrected chi connectivity index (χ2v) is 9.93. The summed E-state index contributed by atoms with van der Waals surface area (Å²) in [6, 6.07) is 12.0. The van der Waals surface area contributed by atoms with Gasteiger partial charge in [0.25, 0.3) is 5.56 Å². The summed E-state index contributed by atoms with van der Waals surface area (Å²) >= 11 is 0. The topological polar surface area (TPSA) is 81.7 Å². The van der Waals surface area contributed by atoms with Crippen LogP contribution in [-0.4, -0.2) is 42.4 Å². The van der Waals surface area contributed by atoms with E-state index in [-0.39, 0.29) is 29.4 Å². The number of aryl methyl sites for hydroxylation is 2. The Labute approximate surface area is 221 Å². The van der Waals surface area contributed by atoms with Crippen LogP contribution in [0.5, 0.6) is 0 Å². The zero-order chi connectivity index (χ0) is 27.3. The number of anilines is 1. The molecule has 39 heavy (non-hydrogen) atoms. The number of piperidine rings is 1. The molecule has 5 aromatic rings. The molecule has 0 N–H and O–H groups in total. The number of para-hydroxylation sites is 1. The van der Waals surface area contributed by atoms with Gasteiger partial charge in [0.05, 0.1) is 29.0 Å². The maximum atomic E-state index is 13.8. The summed E-state index contributed by atoms with van der Waals surface area (Å²) in [5, 5.41) is 5.80. The van der Waals surface area contributed by atoms with E-state index >= 15 is 0 Å². The number of halogens is 3. The Morgan fingerprint density at radius 1 is 1.05 bits per heavy atom. The molecular weight excluding hydrogens is 507 g/mol. The third kappa shape index (κ3) is 4.51. The Kier molecular flexibility index (Phi) is 6.08. The molecule has 1 saturated heterocycles. The van der Waals surface area contributed by atoms with E-state index in [1.54, 1.807) is 19.2 Å². The highest BCUT2D eigenvalue weighted by molar-refractivity contribution is 5.90. The monoisotopic (exact) mass is 533 g/mol. The summed E-state index contributed by atoms with van der Waals surface area (Å²) in [6.07, 6.45) is -0.303. The molecule has 1 aliphatic rings. The summed E-state index contributed by atoms with van der Waals surface area (Å²) in [4.78, 5) is 29.0. The molecule has 1 aromatic carbocycles. The average Bonchev–Trinajstić information content (AvgIpc) is 3.26. The summed E-state index contributed by atoms with van der Waals surface area (Å²) in [6.45, 7) is 2.77. The van der Waals surface area contributed by atoms with Crippen LogP contribution >= 0.6 is 0 Å². The van der Waals surface area contributed by atoms with Crippen LogP contribution in [0.4, 0.5) is 19.0 Å². The van der Waals surface area contributed by atoms with Gasteiger partial charge in [-0.25, -0.2) is 4.98 Å². The molecule has 0 aliphatic carbocycles. The molecule has 0 atom stereocenters. The molecule has 0 spiro atoms. The molecular formula is C28H26F3N7O. The maximum absolute atomic E-state index is 13.8.